The quantitative estimate of drug-likeness (QED) is 0.864. The number of halogens is 2. The zero-order valence-corrected chi connectivity index (χ0v) is 11.9. The van der Waals surface area contributed by atoms with Crippen molar-refractivity contribution in [2.45, 2.75) is 20.4 Å². The van der Waals surface area contributed by atoms with E-state index >= 15 is 0 Å². The first-order chi connectivity index (χ1) is 9.11. The van der Waals surface area contributed by atoms with E-state index in [1.54, 1.807) is 13.0 Å². The van der Waals surface area contributed by atoms with Gasteiger partial charge in [0.05, 0.1) is 0 Å². The van der Waals surface area contributed by atoms with E-state index in [0.29, 0.717) is 5.56 Å². The summed E-state index contributed by atoms with van der Waals surface area (Å²) >= 11 is 6.27. The van der Waals surface area contributed by atoms with Gasteiger partial charge in [-0.3, -0.25) is 0 Å². The second-order valence-corrected chi connectivity index (χ2v) is 4.96. The normalized spacial score (nSPS) is 10.7. The summed E-state index contributed by atoms with van der Waals surface area (Å²) in [6.07, 6.45) is 0. The number of benzene rings is 2. The topological polar surface area (TPSA) is 12.0 Å². The third kappa shape index (κ3) is 3.34. The molecule has 0 fully saturated rings. The van der Waals surface area contributed by atoms with Gasteiger partial charge in [-0.25, -0.2) is 4.39 Å². The Kier molecular flexibility index (Phi) is 4.56. The summed E-state index contributed by atoms with van der Waals surface area (Å²) in [6, 6.07) is 11.1. The van der Waals surface area contributed by atoms with Crippen LogP contribution in [0.3, 0.4) is 0 Å². The number of nitrogens with one attached hydrogen (secondary N) is 1. The number of aryl methyl sites for hydroxylation is 1. The molecule has 0 spiro atoms. The molecule has 2 aromatic rings. The highest BCUT2D eigenvalue weighted by Gasteiger charge is 2.05. The summed E-state index contributed by atoms with van der Waals surface area (Å²) in [5.41, 5.74) is 3.71. The fraction of sp³-hybridized carbons (Fsp3) is 0.250. The molecule has 2 rings (SSSR count). The van der Waals surface area contributed by atoms with Crippen molar-refractivity contribution in [2.75, 3.05) is 6.54 Å². The lowest BCUT2D eigenvalue weighted by Crippen LogP contribution is -2.11. The van der Waals surface area contributed by atoms with E-state index in [-0.39, 0.29) is 5.82 Å². The highest BCUT2D eigenvalue weighted by molar-refractivity contribution is 6.31. The minimum absolute atomic E-state index is 0.182. The third-order valence-corrected chi connectivity index (χ3v) is 3.46. The summed E-state index contributed by atoms with van der Waals surface area (Å²) in [6.45, 7) is 5.50. The van der Waals surface area contributed by atoms with Gasteiger partial charge in [-0.2, -0.15) is 0 Å². The van der Waals surface area contributed by atoms with Gasteiger partial charge in [-0.05, 0) is 53.9 Å². The molecule has 0 aromatic heterocycles. The van der Waals surface area contributed by atoms with Crippen LogP contribution in [0.1, 0.15) is 18.1 Å². The van der Waals surface area contributed by atoms with E-state index in [4.69, 9.17) is 11.6 Å². The molecule has 0 unspecified atom stereocenters. The lowest BCUT2D eigenvalue weighted by atomic mass is 10.0. The van der Waals surface area contributed by atoms with Crippen LogP contribution in [0.5, 0.6) is 0 Å². The number of hydrogen-bond acceptors (Lipinski definition) is 1. The largest absolute Gasteiger partial charge is 0.313 e. The molecule has 3 heteroatoms. The molecule has 0 atom stereocenters. The average molecular weight is 278 g/mol. The van der Waals surface area contributed by atoms with Gasteiger partial charge in [0.25, 0.3) is 0 Å². The van der Waals surface area contributed by atoms with Gasteiger partial charge < -0.3 is 5.32 Å². The van der Waals surface area contributed by atoms with Crippen molar-refractivity contribution in [1.82, 2.24) is 5.32 Å². The van der Waals surface area contributed by atoms with Crippen molar-refractivity contribution in [3.63, 3.8) is 0 Å². The maximum atomic E-state index is 13.3. The summed E-state index contributed by atoms with van der Waals surface area (Å²) in [5, 5.41) is 3.98. The second kappa shape index (κ2) is 6.18. The average Bonchev–Trinajstić information content (AvgIpc) is 2.40. The predicted molar refractivity (Wildman–Crippen MR) is 79.0 cm³/mol. The molecule has 0 heterocycles. The first-order valence-corrected chi connectivity index (χ1v) is 6.75. The van der Waals surface area contributed by atoms with Crippen molar-refractivity contribution in [1.29, 1.82) is 0 Å². The fourth-order valence-electron chi connectivity index (χ4n) is 1.95. The molecule has 0 bridgehead atoms. The van der Waals surface area contributed by atoms with Crippen LogP contribution in [-0.2, 0) is 6.54 Å². The Hall–Kier alpha value is -1.38. The zero-order chi connectivity index (χ0) is 13.8. The standard InChI is InChI=1S/C16H17ClFN/c1-3-19-10-14-5-4-13(9-15(14)17)12-6-7-16(18)11(2)8-12/h4-9,19H,3,10H2,1-2H3. The second-order valence-electron chi connectivity index (χ2n) is 4.55. The van der Waals surface area contributed by atoms with Gasteiger partial charge in [0.15, 0.2) is 0 Å². The molecule has 2 aromatic carbocycles. The van der Waals surface area contributed by atoms with Crippen molar-refractivity contribution >= 4 is 11.6 Å². The maximum absolute atomic E-state index is 13.3. The van der Waals surface area contributed by atoms with E-state index in [2.05, 4.69) is 12.2 Å². The minimum Gasteiger partial charge on any atom is -0.313 e. The molecule has 1 nitrogen and oxygen atoms in total. The molecule has 100 valence electrons. The Bertz CT molecular complexity index is 581. The van der Waals surface area contributed by atoms with E-state index in [0.717, 1.165) is 34.8 Å². The Labute approximate surface area is 118 Å². The van der Waals surface area contributed by atoms with Gasteiger partial charge in [0.1, 0.15) is 5.82 Å². The Balaban J connectivity index is 2.30. The molecule has 0 aliphatic rings. The predicted octanol–water partition coefficient (Wildman–Crippen LogP) is 4.56. The molecule has 0 aliphatic heterocycles. The minimum atomic E-state index is -0.182. The molecule has 0 saturated carbocycles. The van der Waals surface area contributed by atoms with Gasteiger partial charge in [0, 0.05) is 11.6 Å². The highest BCUT2D eigenvalue weighted by atomic mass is 35.5. The third-order valence-electron chi connectivity index (χ3n) is 3.11. The van der Waals surface area contributed by atoms with E-state index < -0.39 is 0 Å². The molecular weight excluding hydrogens is 261 g/mol. The van der Waals surface area contributed by atoms with Crippen LogP contribution in [-0.4, -0.2) is 6.54 Å². The van der Waals surface area contributed by atoms with E-state index in [1.807, 2.05) is 24.3 Å². The van der Waals surface area contributed by atoms with Gasteiger partial charge >= 0.3 is 0 Å². The lowest BCUT2D eigenvalue weighted by molar-refractivity contribution is 0.619. The van der Waals surface area contributed by atoms with Crippen molar-refractivity contribution in [3.05, 3.63) is 58.4 Å². The van der Waals surface area contributed by atoms with Crippen molar-refractivity contribution in [2.24, 2.45) is 0 Å². The molecular formula is C16H17ClFN. The molecule has 0 saturated heterocycles. The molecule has 19 heavy (non-hydrogen) atoms. The summed E-state index contributed by atoms with van der Waals surface area (Å²) in [4.78, 5) is 0. The van der Waals surface area contributed by atoms with Gasteiger partial charge in [-0.15, -0.1) is 0 Å². The van der Waals surface area contributed by atoms with Crippen LogP contribution < -0.4 is 5.32 Å². The highest BCUT2D eigenvalue weighted by Crippen LogP contribution is 2.27. The van der Waals surface area contributed by atoms with Crippen LogP contribution in [0.2, 0.25) is 5.02 Å². The molecule has 1 N–H and O–H groups in total. The van der Waals surface area contributed by atoms with E-state index in [9.17, 15) is 4.39 Å². The van der Waals surface area contributed by atoms with Gasteiger partial charge in [-0.1, -0.05) is 36.7 Å². The summed E-state index contributed by atoms with van der Waals surface area (Å²) in [7, 11) is 0. The van der Waals surface area contributed by atoms with Crippen LogP contribution in [0.25, 0.3) is 11.1 Å². The molecule has 0 aliphatic carbocycles. The van der Waals surface area contributed by atoms with Crippen LogP contribution in [0.15, 0.2) is 36.4 Å². The smallest absolute Gasteiger partial charge is 0.126 e. The van der Waals surface area contributed by atoms with Gasteiger partial charge in [0.2, 0.25) is 0 Å². The number of hydrogen-bond donors (Lipinski definition) is 1. The summed E-state index contributed by atoms with van der Waals surface area (Å²) in [5.74, 6) is -0.182. The van der Waals surface area contributed by atoms with Crippen molar-refractivity contribution < 1.29 is 4.39 Å². The van der Waals surface area contributed by atoms with Crippen LogP contribution >= 0.6 is 11.6 Å². The lowest BCUT2D eigenvalue weighted by Gasteiger charge is -2.09. The fourth-order valence-corrected chi connectivity index (χ4v) is 2.20. The summed E-state index contributed by atoms with van der Waals surface area (Å²) < 4.78 is 13.3. The Morgan fingerprint density at radius 1 is 1.11 bits per heavy atom. The van der Waals surface area contributed by atoms with Crippen molar-refractivity contribution in [3.8, 4) is 11.1 Å². The Morgan fingerprint density at radius 2 is 1.79 bits per heavy atom. The van der Waals surface area contributed by atoms with E-state index in [1.165, 1.54) is 6.07 Å². The Morgan fingerprint density at radius 3 is 2.42 bits per heavy atom. The van der Waals surface area contributed by atoms with Crippen LogP contribution in [0, 0.1) is 12.7 Å². The monoisotopic (exact) mass is 277 g/mol. The zero-order valence-electron chi connectivity index (χ0n) is 11.1. The molecule has 0 radical (unpaired) electrons. The van der Waals surface area contributed by atoms with Crippen LogP contribution in [0.4, 0.5) is 4.39 Å². The first kappa shape index (κ1) is 14.0. The number of rotatable bonds is 4. The molecule has 0 amide bonds. The first-order valence-electron chi connectivity index (χ1n) is 6.37. The maximum Gasteiger partial charge on any atom is 0.126 e. The SMILES string of the molecule is CCNCc1ccc(-c2ccc(F)c(C)c2)cc1Cl.